The van der Waals surface area contributed by atoms with E-state index in [4.69, 9.17) is 5.73 Å². The molecule has 0 aliphatic carbocycles. The number of sulfonamides is 1. The van der Waals surface area contributed by atoms with Gasteiger partial charge in [0.2, 0.25) is 21.8 Å². The minimum atomic E-state index is -3.59. The number of hydrogen-bond acceptors (Lipinski definition) is 7. The maximum absolute atomic E-state index is 12.6. The fourth-order valence-electron chi connectivity index (χ4n) is 3.10. The molecule has 2 aromatic carbocycles. The molecule has 1 amide bonds. The standard InChI is InChI=1S/C21H20N6O3S2/c1-12(2)32(29,30)25-18-11-15(21-23-26-27-24-21)7-8-16(18)13-3-5-14(6-4-13)19-17(20(22)28)9-10-31-19/h3-12,25H,1-2H3,(H2,22,28)(H,23,24,26,27). The number of aromatic amines is 1. The van der Waals surface area contributed by atoms with E-state index >= 15 is 0 Å². The number of amides is 1. The highest BCUT2D eigenvalue weighted by molar-refractivity contribution is 7.93. The maximum Gasteiger partial charge on any atom is 0.250 e. The van der Waals surface area contributed by atoms with Crippen LogP contribution in [0.25, 0.3) is 33.0 Å². The van der Waals surface area contributed by atoms with Crippen molar-refractivity contribution in [1.29, 1.82) is 0 Å². The van der Waals surface area contributed by atoms with Gasteiger partial charge in [-0.25, -0.2) is 8.42 Å². The van der Waals surface area contributed by atoms with Crippen LogP contribution in [0, 0.1) is 0 Å². The summed E-state index contributed by atoms with van der Waals surface area (Å²) in [6.07, 6.45) is 0. The number of aromatic nitrogens is 4. The van der Waals surface area contributed by atoms with Crippen molar-refractivity contribution in [2.45, 2.75) is 19.1 Å². The van der Waals surface area contributed by atoms with Crippen molar-refractivity contribution in [2.24, 2.45) is 5.73 Å². The molecule has 32 heavy (non-hydrogen) atoms. The van der Waals surface area contributed by atoms with Crippen molar-refractivity contribution < 1.29 is 13.2 Å². The molecule has 0 aliphatic heterocycles. The van der Waals surface area contributed by atoms with Crippen molar-refractivity contribution in [1.82, 2.24) is 20.6 Å². The molecule has 4 rings (SSSR count). The quantitative estimate of drug-likeness (QED) is 0.379. The van der Waals surface area contributed by atoms with Gasteiger partial charge in [0.15, 0.2) is 0 Å². The highest BCUT2D eigenvalue weighted by Crippen LogP contribution is 2.35. The largest absolute Gasteiger partial charge is 0.366 e. The number of rotatable bonds is 7. The Balaban J connectivity index is 1.77. The van der Waals surface area contributed by atoms with Crippen molar-refractivity contribution in [3.8, 4) is 33.0 Å². The van der Waals surface area contributed by atoms with Crippen LogP contribution in [0.4, 0.5) is 5.69 Å². The second-order valence-corrected chi connectivity index (χ2v) is 10.4. The second kappa shape index (κ2) is 8.52. The first kappa shape index (κ1) is 21.7. The highest BCUT2D eigenvalue weighted by atomic mass is 32.2. The molecule has 4 N–H and O–H groups in total. The van der Waals surface area contributed by atoms with Crippen LogP contribution in [0.1, 0.15) is 24.2 Å². The first-order chi connectivity index (χ1) is 15.3. The van der Waals surface area contributed by atoms with E-state index in [1.807, 2.05) is 29.6 Å². The number of carbonyl (C=O) groups is 1. The lowest BCUT2D eigenvalue weighted by atomic mass is 9.99. The lowest BCUT2D eigenvalue weighted by molar-refractivity contribution is 0.100. The van der Waals surface area contributed by atoms with Gasteiger partial charge in [-0.05, 0) is 47.7 Å². The van der Waals surface area contributed by atoms with E-state index in [0.717, 1.165) is 16.0 Å². The van der Waals surface area contributed by atoms with Gasteiger partial charge in [0.1, 0.15) is 0 Å². The summed E-state index contributed by atoms with van der Waals surface area (Å²) in [6, 6.07) is 14.5. The number of primary amides is 1. The number of nitrogens with zero attached hydrogens (tertiary/aromatic N) is 3. The Morgan fingerprint density at radius 2 is 1.75 bits per heavy atom. The number of tetrazole rings is 1. The van der Waals surface area contributed by atoms with Gasteiger partial charge in [0.05, 0.1) is 16.5 Å². The smallest absolute Gasteiger partial charge is 0.250 e. The van der Waals surface area contributed by atoms with Gasteiger partial charge < -0.3 is 5.73 Å². The first-order valence-corrected chi connectivity index (χ1v) is 12.1. The summed E-state index contributed by atoms with van der Waals surface area (Å²) in [6.45, 7) is 3.22. The number of hydrogen-bond donors (Lipinski definition) is 3. The predicted octanol–water partition coefficient (Wildman–Crippen LogP) is 3.51. The minimum Gasteiger partial charge on any atom is -0.366 e. The molecule has 0 spiro atoms. The van der Waals surface area contributed by atoms with Crippen LogP contribution >= 0.6 is 11.3 Å². The summed E-state index contributed by atoms with van der Waals surface area (Å²) in [5.41, 5.74) is 9.29. The second-order valence-electron chi connectivity index (χ2n) is 7.30. The molecule has 2 heterocycles. The predicted molar refractivity (Wildman–Crippen MR) is 125 cm³/mol. The van der Waals surface area contributed by atoms with E-state index < -0.39 is 21.2 Å². The lowest BCUT2D eigenvalue weighted by Crippen LogP contribution is -2.22. The van der Waals surface area contributed by atoms with Gasteiger partial charge in [-0.1, -0.05) is 36.4 Å². The number of nitrogens with one attached hydrogen (secondary N) is 2. The number of nitrogens with two attached hydrogens (primary N) is 1. The Morgan fingerprint density at radius 3 is 2.38 bits per heavy atom. The fraction of sp³-hybridized carbons (Fsp3) is 0.143. The molecule has 0 bridgehead atoms. The molecule has 0 atom stereocenters. The molecule has 9 nitrogen and oxygen atoms in total. The minimum absolute atomic E-state index is 0.355. The Kier molecular flexibility index (Phi) is 5.76. The molecule has 0 saturated heterocycles. The van der Waals surface area contributed by atoms with Crippen molar-refractivity contribution in [3.05, 3.63) is 59.5 Å². The monoisotopic (exact) mass is 468 g/mol. The number of thiophene rings is 1. The summed E-state index contributed by atoms with van der Waals surface area (Å²) < 4.78 is 27.9. The average Bonchev–Trinajstić information content (AvgIpc) is 3.46. The fourth-order valence-corrected chi connectivity index (χ4v) is 4.72. The zero-order chi connectivity index (χ0) is 22.9. The molecular formula is C21H20N6O3S2. The van der Waals surface area contributed by atoms with Crippen molar-refractivity contribution in [3.63, 3.8) is 0 Å². The van der Waals surface area contributed by atoms with Gasteiger partial charge in [0.25, 0.3) is 0 Å². The lowest BCUT2D eigenvalue weighted by Gasteiger charge is -2.16. The number of anilines is 1. The molecular weight excluding hydrogens is 448 g/mol. The van der Waals surface area contributed by atoms with Gasteiger partial charge in [-0.15, -0.1) is 21.5 Å². The maximum atomic E-state index is 12.6. The highest BCUT2D eigenvalue weighted by Gasteiger charge is 2.19. The topological polar surface area (TPSA) is 144 Å². The van der Waals surface area contributed by atoms with E-state index in [1.165, 1.54) is 11.3 Å². The first-order valence-electron chi connectivity index (χ1n) is 9.64. The zero-order valence-corrected chi connectivity index (χ0v) is 18.9. The third-order valence-corrected chi connectivity index (χ3v) is 7.59. The van der Waals surface area contributed by atoms with Gasteiger partial charge in [0, 0.05) is 16.0 Å². The summed E-state index contributed by atoms with van der Waals surface area (Å²) in [4.78, 5) is 12.4. The van der Waals surface area contributed by atoms with E-state index in [1.54, 1.807) is 38.1 Å². The summed E-state index contributed by atoms with van der Waals surface area (Å²) in [7, 11) is -3.59. The zero-order valence-electron chi connectivity index (χ0n) is 17.2. The number of H-pyrrole nitrogens is 1. The Hall–Kier alpha value is -3.57. The SMILES string of the molecule is CC(C)S(=O)(=O)Nc1cc(-c2nn[nH]n2)ccc1-c1ccc(-c2sccc2C(N)=O)cc1. The van der Waals surface area contributed by atoms with Gasteiger partial charge in [-0.3, -0.25) is 9.52 Å². The number of benzene rings is 2. The van der Waals surface area contributed by atoms with E-state index in [9.17, 15) is 13.2 Å². The Morgan fingerprint density at radius 1 is 1.06 bits per heavy atom. The Bertz CT molecular complexity index is 1360. The molecule has 0 radical (unpaired) electrons. The van der Waals surface area contributed by atoms with Crippen LogP contribution in [-0.4, -0.2) is 40.2 Å². The number of carbonyl (C=O) groups excluding carboxylic acids is 1. The van der Waals surface area contributed by atoms with Crippen LogP contribution in [-0.2, 0) is 10.0 Å². The normalized spacial score (nSPS) is 11.6. The summed E-state index contributed by atoms with van der Waals surface area (Å²) in [5, 5.41) is 15.1. The molecule has 2 aromatic heterocycles. The molecule has 0 aliphatic rings. The van der Waals surface area contributed by atoms with Crippen LogP contribution in [0.3, 0.4) is 0 Å². The molecule has 0 unspecified atom stereocenters. The summed E-state index contributed by atoms with van der Waals surface area (Å²) >= 11 is 1.43. The Labute approximate surface area is 188 Å². The van der Waals surface area contributed by atoms with Crippen LogP contribution in [0.5, 0.6) is 0 Å². The third-order valence-electron chi connectivity index (χ3n) is 4.88. The van der Waals surface area contributed by atoms with E-state index in [2.05, 4.69) is 25.3 Å². The van der Waals surface area contributed by atoms with Crippen LogP contribution < -0.4 is 10.5 Å². The van der Waals surface area contributed by atoms with E-state index in [-0.39, 0.29) is 0 Å². The molecule has 0 fully saturated rings. The molecule has 0 saturated carbocycles. The van der Waals surface area contributed by atoms with Crippen molar-refractivity contribution in [2.75, 3.05) is 4.72 Å². The van der Waals surface area contributed by atoms with Gasteiger partial charge >= 0.3 is 0 Å². The van der Waals surface area contributed by atoms with E-state index in [0.29, 0.717) is 28.2 Å². The molecule has 4 aromatic rings. The summed E-state index contributed by atoms with van der Waals surface area (Å²) in [5.74, 6) is -0.124. The van der Waals surface area contributed by atoms with Gasteiger partial charge in [-0.2, -0.15) is 5.21 Å². The molecule has 11 heteroatoms. The van der Waals surface area contributed by atoms with Crippen molar-refractivity contribution >= 4 is 33.0 Å². The third kappa shape index (κ3) is 4.25. The molecule has 164 valence electrons. The average molecular weight is 469 g/mol. The van der Waals surface area contributed by atoms with Crippen LogP contribution in [0.2, 0.25) is 0 Å². The van der Waals surface area contributed by atoms with Crippen LogP contribution in [0.15, 0.2) is 53.9 Å².